The van der Waals surface area contributed by atoms with Crippen molar-refractivity contribution < 1.29 is 4.74 Å². The zero-order chi connectivity index (χ0) is 11.9. The monoisotopic (exact) mass is 233 g/mol. The SMILES string of the molecule is CCCOc1ccnc(NCc2cnc[nH]2)n1. The van der Waals surface area contributed by atoms with E-state index in [4.69, 9.17) is 4.74 Å². The van der Waals surface area contributed by atoms with Gasteiger partial charge in [0, 0.05) is 18.5 Å². The highest BCUT2D eigenvalue weighted by Gasteiger charge is 2.00. The van der Waals surface area contributed by atoms with E-state index in [-0.39, 0.29) is 0 Å². The van der Waals surface area contributed by atoms with E-state index in [2.05, 4.69) is 32.2 Å². The van der Waals surface area contributed by atoms with Crippen molar-refractivity contribution in [1.82, 2.24) is 19.9 Å². The fourth-order valence-electron chi connectivity index (χ4n) is 1.27. The molecule has 17 heavy (non-hydrogen) atoms. The van der Waals surface area contributed by atoms with Gasteiger partial charge in [-0.15, -0.1) is 0 Å². The normalized spacial score (nSPS) is 10.2. The molecular weight excluding hydrogens is 218 g/mol. The number of aromatic amines is 1. The first-order valence-corrected chi connectivity index (χ1v) is 5.55. The first-order valence-electron chi connectivity index (χ1n) is 5.55. The molecule has 0 spiro atoms. The Morgan fingerprint density at radius 3 is 3.18 bits per heavy atom. The Hall–Kier alpha value is -2.11. The maximum absolute atomic E-state index is 5.42. The molecule has 0 radical (unpaired) electrons. The molecule has 2 N–H and O–H groups in total. The number of rotatable bonds is 6. The molecule has 90 valence electrons. The Balaban J connectivity index is 1.91. The van der Waals surface area contributed by atoms with Crippen molar-refractivity contribution in [3.63, 3.8) is 0 Å². The van der Waals surface area contributed by atoms with Crippen molar-refractivity contribution in [2.45, 2.75) is 19.9 Å². The zero-order valence-electron chi connectivity index (χ0n) is 9.68. The number of nitrogens with one attached hydrogen (secondary N) is 2. The van der Waals surface area contributed by atoms with Gasteiger partial charge >= 0.3 is 0 Å². The largest absolute Gasteiger partial charge is 0.478 e. The fraction of sp³-hybridized carbons (Fsp3) is 0.364. The minimum Gasteiger partial charge on any atom is -0.478 e. The Bertz CT molecular complexity index is 443. The van der Waals surface area contributed by atoms with Crippen molar-refractivity contribution in [3.8, 4) is 5.88 Å². The van der Waals surface area contributed by atoms with Crippen molar-refractivity contribution in [2.24, 2.45) is 0 Å². The molecule has 0 amide bonds. The van der Waals surface area contributed by atoms with Gasteiger partial charge in [0.05, 0.1) is 25.2 Å². The lowest BCUT2D eigenvalue weighted by Crippen LogP contribution is -2.05. The number of hydrogen-bond donors (Lipinski definition) is 2. The summed E-state index contributed by atoms with van der Waals surface area (Å²) in [5.41, 5.74) is 0.980. The number of anilines is 1. The quantitative estimate of drug-likeness (QED) is 0.792. The van der Waals surface area contributed by atoms with Crippen LogP contribution in [0.2, 0.25) is 0 Å². The maximum atomic E-state index is 5.42. The summed E-state index contributed by atoms with van der Waals surface area (Å²) >= 11 is 0. The molecular formula is C11H15N5O. The highest BCUT2D eigenvalue weighted by atomic mass is 16.5. The lowest BCUT2D eigenvalue weighted by Gasteiger charge is -2.06. The maximum Gasteiger partial charge on any atom is 0.226 e. The van der Waals surface area contributed by atoms with Crippen LogP contribution in [0.5, 0.6) is 5.88 Å². The number of H-pyrrole nitrogens is 1. The Morgan fingerprint density at radius 2 is 2.41 bits per heavy atom. The average molecular weight is 233 g/mol. The third kappa shape index (κ3) is 3.44. The van der Waals surface area contributed by atoms with Crippen LogP contribution in [0.4, 0.5) is 5.95 Å². The summed E-state index contributed by atoms with van der Waals surface area (Å²) in [6, 6.07) is 1.75. The van der Waals surface area contributed by atoms with Crippen LogP contribution in [0.1, 0.15) is 19.0 Å². The Morgan fingerprint density at radius 1 is 1.47 bits per heavy atom. The van der Waals surface area contributed by atoms with Gasteiger partial charge in [0.15, 0.2) is 0 Å². The van der Waals surface area contributed by atoms with Gasteiger partial charge in [-0.3, -0.25) is 0 Å². The summed E-state index contributed by atoms with van der Waals surface area (Å²) < 4.78 is 5.42. The lowest BCUT2D eigenvalue weighted by molar-refractivity contribution is 0.305. The molecule has 6 heteroatoms. The zero-order valence-corrected chi connectivity index (χ0v) is 9.68. The van der Waals surface area contributed by atoms with Gasteiger partial charge in [-0.25, -0.2) is 9.97 Å². The molecule has 2 aromatic rings. The van der Waals surface area contributed by atoms with Crippen molar-refractivity contribution in [2.75, 3.05) is 11.9 Å². The second-order valence-electron chi connectivity index (χ2n) is 3.50. The molecule has 2 rings (SSSR count). The van der Waals surface area contributed by atoms with Gasteiger partial charge in [-0.2, -0.15) is 4.98 Å². The molecule has 2 heterocycles. The molecule has 0 bridgehead atoms. The van der Waals surface area contributed by atoms with Crippen LogP contribution in [0, 0.1) is 0 Å². The summed E-state index contributed by atoms with van der Waals surface area (Å²) in [7, 11) is 0. The summed E-state index contributed by atoms with van der Waals surface area (Å²) in [5, 5.41) is 3.09. The average Bonchev–Trinajstić information content (AvgIpc) is 2.87. The van der Waals surface area contributed by atoms with Gasteiger partial charge in [0.1, 0.15) is 0 Å². The van der Waals surface area contributed by atoms with E-state index in [1.165, 1.54) is 0 Å². The highest BCUT2D eigenvalue weighted by molar-refractivity contribution is 5.28. The minimum atomic E-state index is 0.549. The molecule has 0 saturated heterocycles. The molecule has 0 unspecified atom stereocenters. The van der Waals surface area contributed by atoms with Crippen molar-refractivity contribution in [3.05, 3.63) is 30.5 Å². The minimum absolute atomic E-state index is 0.549. The molecule has 2 aromatic heterocycles. The Kier molecular flexibility index (Phi) is 3.90. The molecule has 0 aliphatic carbocycles. The Labute approximate surface area is 99.5 Å². The fourth-order valence-corrected chi connectivity index (χ4v) is 1.27. The van der Waals surface area contributed by atoms with E-state index in [0.717, 1.165) is 12.1 Å². The molecule has 6 nitrogen and oxygen atoms in total. The first-order chi connectivity index (χ1) is 8.38. The number of hydrogen-bond acceptors (Lipinski definition) is 5. The standard InChI is InChI=1S/C11H15N5O/c1-2-5-17-10-3-4-13-11(16-10)14-7-9-6-12-8-15-9/h3-4,6,8H,2,5,7H2,1H3,(H,12,15)(H,13,14,16). The van der Waals surface area contributed by atoms with E-state index >= 15 is 0 Å². The second-order valence-corrected chi connectivity index (χ2v) is 3.50. The third-order valence-electron chi connectivity index (χ3n) is 2.08. The van der Waals surface area contributed by atoms with E-state index in [9.17, 15) is 0 Å². The summed E-state index contributed by atoms with van der Waals surface area (Å²) in [6.45, 7) is 3.33. The molecule has 0 aliphatic rings. The van der Waals surface area contributed by atoms with Crippen LogP contribution in [-0.2, 0) is 6.54 Å². The number of aromatic nitrogens is 4. The van der Waals surface area contributed by atoms with E-state index in [1.54, 1.807) is 24.8 Å². The van der Waals surface area contributed by atoms with Crippen LogP contribution in [0.25, 0.3) is 0 Å². The number of nitrogens with zero attached hydrogens (tertiary/aromatic N) is 3. The third-order valence-corrected chi connectivity index (χ3v) is 2.08. The predicted molar refractivity (Wildman–Crippen MR) is 63.7 cm³/mol. The highest BCUT2D eigenvalue weighted by Crippen LogP contribution is 2.09. The van der Waals surface area contributed by atoms with Crippen LogP contribution in [0.15, 0.2) is 24.8 Å². The molecule has 0 fully saturated rings. The summed E-state index contributed by atoms with van der Waals surface area (Å²) in [4.78, 5) is 15.3. The summed E-state index contributed by atoms with van der Waals surface area (Å²) in [5.74, 6) is 1.14. The summed E-state index contributed by atoms with van der Waals surface area (Å²) in [6.07, 6.45) is 6.03. The van der Waals surface area contributed by atoms with Gasteiger partial charge in [-0.1, -0.05) is 6.92 Å². The van der Waals surface area contributed by atoms with Gasteiger partial charge in [0.25, 0.3) is 0 Å². The second kappa shape index (κ2) is 5.83. The van der Waals surface area contributed by atoms with E-state index in [1.807, 2.05) is 0 Å². The van der Waals surface area contributed by atoms with Crippen LogP contribution in [0.3, 0.4) is 0 Å². The van der Waals surface area contributed by atoms with Gasteiger partial charge < -0.3 is 15.0 Å². The molecule has 0 saturated carbocycles. The molecule has 0 atom stereocenters. The van der Waals surface area contributed by atoms with Crippen LogP contribution in [-0.4, -0.2) is 26.5 Å². The molecule has 0 aliphatic heterocycles. The lowest BCUT2D eigenvalue weighted by atomic mass is 10.5. The van der Waals surface area contributed by atoms with Crippen molar-refractivity contribution >= 4 is 5.95 Å². The first kappa shape index (κ1) is 11.4. The van der Waals surface area contributed by atoms with Crippen LogP contribution >= 0.6 is 0 Å². The molecule has 0 aromatic carbocycles. The van der Waals surface area contributed by atoms with E-state index in [0.29, 0.717) is 25.0 Å². The number of imidazole rings is 1. The van der Waals surface area contributed by atoms with Crippen LogP contribution < -0.4 is 10.1 Å². The van der Waals surface area contributed by atoms with Crippen molar-refractivity contribution in [1.29, 1.82) is 0 Å². The smallest absolute Gasteiger partial charge is 0.226 e. The van der Waals surface area contributed by atoms with E-state index < -0.39 is 0 Å². The van der Waals surface area contributed by atoms with Gasteiger partial charge in [0.2, 0.25) is 11.8 Å². The van der Waals surface area contributed by atoms with Gasteiger partial charge in [-0.05, 0) is 6.42 Å². The number of ether oxygens (including phenoxy) is 1. The predicted octanol–water partition coefficient (Wildman–Crippen LogP) is 1.60. The topological polar surface area (TPSA) is 75.7 Å².